The number of carboxylic acid groups (broad SMARTS) is 1. The van der Waals surface area contributed by atoms with Crippen LogP contribution >= 0.6 is 11.6 Å². The van der Waals surface area contributed by atoms with E-state index in [0.29, 0.717) is 11.1 Å². The fourth-order valence-corrected chi connectivity index (χ4v) is 5.55. The average Bonchev–Trinajstić information content (AvgIpc) is 2.73. The van der Waals surface area contributed by atoms with E-state index in [2.05, 4.69) is 18.7 Å². The molecule has 2 aliphatic rings. The number of rotatable bonds is 4. The molecule has 0 atom stereocenters. The summed E-state index contributed by atoms with van der Waals surface area (Å²) >= 11 is 6.11. The fourth-order valence-electron chi connectivity index (χ4n) is 5.43. The summed E-state index contributed by atoms with van der Waals surface area (Å²) in [6.45, 7) is 6.37. The van der Waals surface area contributed by atoms with Crippen molar-refractivity contribution >= 4 is 17.6 Å². The van der Waals surface area contributed by atoms with Gasteiger partial charge in [-0.15, -0.1) is 0 Å². The lowest BCUT2D eigenvalue weighted by atomic mass is 9.80. The zero-order valence-corrected chi connectivity index (χ0v) is 18.2. The molecule has 0 saturated heterocycles. The molecule has 1 aliphatic carbocycles. The Kier molecular flexibility index (Phi) is 5.98. The quantitative estimate of drug-likeness (QED) is 0.676. The van der Waals surface area contributed by atoms with Crippen LogP contribution in [-0.4, -0.2) is 28.6 Å². The summed E-state index contributed by atoms with van der Waals surface area (Å²) in [5.41, 5.74) is 8.31. The molecule has 1 saturated carbocycles. The molecule has 4 heteroatoms. The highest BCUT2D eigenvalue weighted by Gasteiger charge is 2.29. The van der Waals surface area contributed by atoms with Crippen molar-refractivity contribution in [2.45, 2.75) is 71.4 Å². The van der Waals surface area contributed by atoms with Crippen molar-refractivity contribution in [3.05, 3.63) is 57.1 Å². The van der Waals surface area contributed by atoms with Crippen molar-refractivity contribution in [3.63, 3.8) is 0 Å². The molecule has 1 aliphatic heterocycles. The van der Waals surface area contributed by atoms with Gasteiger partial charge < -0.3 is 5.11 Å². The number of hydrogen-bond acceptors (Lipinski definition) is 2. The maximum absolute atomic E-state index is 11.7. The predicted molar refractivity (Wildman–Crippen MR) is 119 cm³/mol. The van der Waals surface area contributed by atoms with Crippen molar-refractivity contribution in [1.82, 2.24) is 4.90 Å². The molecule has 154 valence electrons. The Morgan fingerprint density at radius 1 is 1.07 bits per heavy atom. The lowest BCUT2D eigenvalue weighted by Gasteiger charge is -2.39. The zero-order valence-electron chi connectivity index (χ0n) is 17.4. The summed E-state index contributed by atoms with van der Waals surface area (Å²) in [6.07, 6.45) is 7.77. The Hall–Kier alpha value is -1.84. The van der Waals surface area contributed by atoms with E-state index in [9.17, 15) is 9.90 Å². The molecule has 2 aromatic rings. The number of nitrogens with zero attached hydrogens (tertiary/aromatic N) is 1. The lowest BCUT2D eigenvalue weighted by Crippen LogP contribution is -2.41. The van der Waals surface area contributed by atoms with Gasteiger partial charge in [0.2, 0.25) is 0 Å². The second-order valence-corrected chi connectivity index (χ2v) is 9.09. The van der Waals surface area contributed by atoms with E-state index >= 15 is 0 Å². The van der Waals surface area contributed by atoms with Gasteiger partial charge in [-0.2, -0.15) is 0 Å². The molecule has 2 aromatic carbocycles. The first kappa shape index (κ1) is 20.4. The number of carboxylic acids is 1. The van der Waals surface area contributed by atoms with Crippen LogP contribution in [-0.2, 0) is 24.2 Å². The minimum Gasteiger partial charge on any atom is -0.481 e. The molecule has 1 fully saturated rings. The van der Waals surface area contributed by atoms with Crippen LogP contribution in [0.25, 0.3) is 11.1 Å². The molecule has 0 spiro atoms. The van der Waals surface area contributed by atoms with E-state index in [1.54, 1.807) is 0 Å². The third-order valence-electron chi connectivity index (χ3n) is 6.96. The highest BCUT2D eigenvalue weighted by molar-refractivity contribution is 6.30. The van der Waals surface area contributed by atoms with Crippen LogP contribution in [0.1, 0.15) is 59.9 Å². The molecule has 0 aromatic heterocycles. The van der Waals surface area contributed by atoms with Crippen LogP contribution in [0.3, 0.4) is 0 Å². The molecule has 0 unspecified atom stereocenters. The SMILES string of the molecule is Cc1c2c(c(C)c(-c3ccc(Cl)cc3)c1CC(=O)O)CN(C1CCCCC1)CC2. The summed E-state index contributed by atoms with van der Waals surface area (Å²) in [5.74, 6) is -0.776. The third kappa shape index (κ3) is 4.08. The normalized spacial score (nSPS) is 17.9. The van der Waals surface area contributed by atoms with E-state index in [1.807, 2.05) is 24.3 Å². The van der Waals surface area contributed by atoms with Crippen molar-refractivity contribution in [1.29, 1.82) is 0 Å². The molecule has 0 radical (unpaired) electrons. The largest absolute Gasteiger partial charge is 0.481 e. The van der Waals surface area contributed by atoms with Crippen LogP contribution in [0, 0.1) is 13.8 Å². The molecule has 29 heavy (non-hydrogen) atoms. The van der Waals surface area contributed by atoms with Gasteiger partial charge in [0.1, 0.15) is 0 Å². The molecule has 0 amide bonds. The average molecular weight is 412 g/mol. The number of halogens is 1. The van der Waals surface area contributed by atoms with Gasteiger partial charge >= 0.3 is 5.97 Å². The van der Waals surface area contributed by atoms with Crippen molar-refractivity contribution < 1.29 is 9.90 Å². The van der Waals surface area contributed by atoms with Gasteiger partial charge in [-0.3, -0.25) is 9.69 Å². The van der Waals surface area contributed by atoms with E-state index in [0.717, 1.165) is 36.2 Å². The first-order chi connectivity index (χ1) is 14.0. The fraction of sp³-hybridized carbons (Fsp3) is 0.480. The van der Waals surface area contributed by atoms with Crippen molar-refractivity contribution in [3.8, 4) is 11.1 Å². The lowest BCUT2D eigenvalue weighted by molar-refractivity contribution is -0.136. The van der Waals surface area contributed by atoms with Gasteiger partial charge in [0.15, 0.2) is 0 Å². The maximum Gasteiger partial charge on any atom is 0.307 e. The zero-order chi connectivity index (χ0) is 20.5. The predicted octanol–water partition coefficient (Wildman–Crippen LogP) is 5.94. The minimum atomic E-state index is -0.776. The maximum atomic E-state index is 11.7. The van der Waals surface area contributed by atoms with E-state index in [1.165, 1.54) is 54.4 Å². The molecular weight excluding hydrogens is 382 g/mol. The van der Waals surface area contributed by atoms with Crippen molar-refractivity contribution in [2.24, 2.45) is 0 Å². The smallest absolute Gasteiger partial charge is 0.307 e. The van der Waals surface area contributed by atoms with Gasteiger partial charge in [0, 0.05) is 24.2 Å². The first-order valence-corrected chi connectivity index (χ1v) is 11.2. The molecule has 1 N–H and O–H groups in total. The van der Waals surface area contributed by atoms with E-state index in [-0.39, 0.29) is 6.42 Å². The summed E-state index contributed by atoms with van der Waals surface area (Å²) < 4.78 is 0. The van der Waals surface area contributed by atoms with Gasteiger partial charge in [-0.05, 0) is 84.2 Å². The second-order valence-electron chi connectivity index (χ2n) is 8.65. The second kappa shape index (κ2) is 8.49. The summed E-state index contributed by atoms with van der Waals surface area (Å²) in [7, 11) is 0. The minimum absolute atomic E-state index is 0.0598. The Labute approximate surface area is 178 Å². The Morgan fingerprint density at radius 3 is 2.41 bits per heavy atom. The Bertz CT molecular complexity index is 914. The van der Waals surface area contributed by atoms with Gasteiger partial charge in [-0.25, -0.2) is 0 Å². The monoisotopic (exact) mass is 411 g/mol. The number of benzene rings is 2. The summed E-state index contributed by atoms with van der Waals surface area (Å²) in [4.78, 5) is 14.3. The molecule has 0 bridgehead atoms. The Morgan fingerprint density at radius 2 is 1.76 bits per heavy atom. The standard InChI is InChI=1S/C25H30ClNO2/c1-16-21-12-13-27(20-6-4-3-5-7-20)15-23(21)17(2)25(22(16)14-24(28)29)18-8-10-19(26)11-9-18/h8-11,20H,3-7,12-15H2,1-2H3,(H,28,29). The summed E-state index contributed by atoms with van der Waals surface area (Å²) in [5, 5.41) is 10.3. The third-order valence-corrected chi connectivity index (χ3v) is 7.21. The first-order valence-electron chi connectivity index (χ1n) is 10.8. The molecular formula is C25H30ClNO2. The number of fused-ring (bicyclic) bond motifs is 1. The van der Waals surface area contributed by atoms with Crippen LogP contribution in [0.5, 0.6) is 0 Å². The van der Waals surface area contributed by atoms with Crippen LogP contribution in [0.2, 0.25) is 5.02 Å². The van der Waals surface area contributed by atoms with Gasteiger partial charge in [0.25, 0.3) is 0 Å². The van der Waals surface area contributed by atoms with Crippen LogP contribution in [0.15, 0.2) is 24.3 Å². The van der Waals surface area contributed by atoms with Crippen molar-refractivity contribution in [2.75, 3.05) is 6.54 Å². The molecule has 3 nitrogen and oxygen atoms in total. The summed E-state index contributed by atoms with van der Waals surface area (Å²) in [6, 6.07) is 8.52. The van der Waals surface area contributed by atoms with Gasteiger partial charge in [-0.1, -0.05) is 43.0 Å². The van der Waals surface area contributed by atoms with Gasteiger partial charge in [0.05, 0.1) is 6.42 Å². The topological polar surface area (TPSA) is 40.5 Å². The molecule has 1 heterocycles. The highest BCUT2D eigenvalue weighted by Crippen LogP contribution is 2.39. The van der Waals surface area contributed by atoms with Crippen LogP contribution in [0.4, 0.5) is 0 Å². The van der Waals surface area contributed by atoms with E-state index in [4.69, 9.17) is 11.6 Å². The van der Waals surface area contributed by atoms with E-state index < -0.39 is 5.97 Å². The van der Waals surface area contributed by atoms with Crippen LogP contribution < -0.4 is 0 Å². The number of aliphatic carboxylic acids is 1. The highest BCUT2D eigenvalue weighted by atomic mass is 35.5. The number of carbonyl (C=O) groups is 1. The Balaban J connectivity index is 1.81. The number of hydrogen-bond donors (Lipinski definition) is 1. The molecule has 4 rings (SSSR count).